The third-order valence-corrected chi connectivity index (χ3v) is 2.00. The van der Waals surface area contributed by atoms with Gasteiger partial charge in [0.15, 0.2) is 0 Å². The molecular weight excluding hydrogens is 158 g/mol. The Morgan fingerprint density at radius 1 is 1.42 bits per heavy atom. The van der Waals surface area contributed by atoms with Gasteiger partial charge in [0.05, 0.1) is 7.11 Å². The van der Waals surface area contributed by atoms with Crippen molar-refractivity contribution in [3.8, 4) is 0 Å². The second-order valence-electron chi connectivity index (χ2n) is 2.83. The van der Waals surface area contributed by atoms with Crippen LogP contribution in [0.25, 0.3) is 0 Å². The van der Waals surface area contributed by atoms with Gasteiger partial charge in [-0.15, -0.1) is 0 Å². The minimum atomic E-state index is -0.503. The molecule has 70 valence electrons. The van der Waals surface area contributed by atoms with E-state index < -0.39 is 6.09 Å². The van der Waals surface area contributed by atoms with Gasteiger partial charge in [0.2, 0.25) is 0 Å². The zero-order valence-electron chi connectivity index (χ0n) is 7.32. The van der Waals surface area contributed by atoms with Crippen molar-refractivity contribution in [3.63, 3.8) is 0 Å². The molecule has 1 aliphatic heterocycles. The summed E-state index contributed by atoms with van der Waals surface area (Å²) >= 11 is 0. The highest BCUT2D eigenvalue weighted by atomic mass is 16.6. The molecule has 0 unspecified atom stereocenters. The molecule has 0 aromatic carbocycles. The fraction of sp³-hybridized carbons (Fsp3) is 0.857. The lowest BCUT2D eigenvalue weighted by atomic mass is 10.2. The molecule has 0 bridgehead atoms. The monoisotopic (exact) mass is 173 g/mol. The predicted octanol–water partition coefficient (Wildman–Crippen LogP) is 0.329. The van der Waals surface area contributed by atoms with Gasteiger partial charge in [-0.3, -0.25) is 0 Å². The van der Waals surface area contributed by atoms with Crippen molar-refractivity contribution < 1.29 is 9.53 Å². The SMILES string of the molecule is COC(=O)N(N)N1CCCCC1. The van der Waals surface area contributed by atoms with E-state index in [9.17, 15) is 4.79 Å². The fourth-order valence-electron chi connectivity index (χ4n) is 1.30. The van der Waals surface area contributed by atoms with Gasteiger partial charge in [-0.1, -0.05) is 6.42 Å². The van der Waals surface area contributed by atoms with Crippen LogP contribution in [0.15, 0.2) is 0 Å². The molecule has 5 heteroatoms. The number of rotatable bonds is 1. The van der Waals surface area contributed by atoms with E-state index in [0.717, 1.165) is 31.0 Å². The molecule has 0 radical (unpaired) electrons. The standard InChI is InChI=1S/C7H15N3O2/c1-12-7(11)10(8)9-5-3-2-4-6-9/h2-6,8H2,1H3. The molecular formula is C7H15N3O2. The van der Waals surface area contributed by atoms with Crippen molar-refractivity contribution in [3.05, 3.63) is 0 Å². The number of piperidine rings is 1. The van der Waals surface area contributed by atoms with Crippen molar-refractivity contribution in [1.82, 2.24) is 10.1 Å². The fourth-order valence-corrected chi connectivity index (χ4v) is 1.30. The van der Waals surface area contributed by atoms with E-state index in [-0.39, 0.29) is 0 Å². The summed E-state index contributed by atoms with van der Waals surface area (Å²) in [5.74, 6) is 5.49. The van der Waals surface area contributed by atoms with Gasteiger partial charge in [-0.05, 0) is 12.8 Å². The summed E-state index contributed by atoms with van der Waals surface area (Å²) in [5, 5.41) is 2.86. The van der Waals surface area contributed by atoms with E-state index in [4.69, 9.17) is 5.84 Å². The van der Waals surface area contributed by atoms with Crippen LogP contribution in [0.2, 0.25) is 0 Å². The summed E-state index contributed by atoms with van der Waals surface area (Å²) < 4.78 is 4.49. The molecule has 0 atom stereocenters. The molecule has 1 aliphatic rings. The molecule has 5 nitrogen and oxygen atoms in total. The molecule has 0 aromatic rings. The second kappa shape index (κ2) is 4.27. The van der Waals surface area contributed by atoms with Crippen molar-refractivity contribution >= 4 is 6.09 Å². The number of hydrazine groups is 2. The van der Waals surface area contributed by atoms with E-state index in [2.05, 4.69) is 4.74 Å². The third kappa shape index (κ3) is 2.09. The zero-order chi connectivity index (χ0) is 8.97. The van der Waals surface area contributed by atoms with Crippen LogP contribution in [-0.4, -0.2) is 36.4 Å². The molecule has 0 saturated carbocycles. The molecule has 1 fully saturated rings. The Morgan fingerprint density at radius 2 is 2.00 bits per heavy atom. The Bertz CT molecular complexity index is 157. The van der Waals surface area contributed by atoms with Gasteiger partial charge in [-0.25, -0.2) is 15.6 Å². The van der Waals surface area contributed by atoms with Crippen molar-refractivity contribution in [2.75, 3.05) is 20.2 Å². The lowest BCUT2D eigenvalue weighted by molar-refractivity contribution is -0.0293. The van der Waals surface area contributed by atoms with E-state index >= 15 is 0 Å². The first-order chi connectivity index (χ1) is 5.75. The van der Waals surface area contributed by atoms with E-state index in [1.807, 2.05) is 0 Å². The Balaban J connectivity index is 2.39. The third-order valence-electron chi connectivity index (χ3n) is 2.00. The first-order valence-corrected chi connectivity index (χ1v) is 4.13. The van der Waals surface area contributed by atoms with E-state index in [1.54, 1.807) is 5.01 Å². The summed E-state index contributed by atoms with van der Waals surface area (Å²) in [6, 6.07) is 0. The number of amides is 1. The Kier molecular flexibility index (Phi) is 3.31. The van der Waals surface area contributed by atoms with E-state index in [1.165, 1.54) is 13.5 Å². The highest BCUT2D eigenvalue weighted by molar-refractivity contribution is 5.65. The first kappa shape index (κ1) is 9.28. The quantitative estimate of drug-likeness (QED) is 0.352. The van der Waals surface area contributed by atoms with Crippen LogP contribution in [0.3, 0.4) is 0 Å². The summed E-state index contributed by atoms with van der Waals surface area (Å²) in [6.45, 7) is 1.68. The van der Waals surface area contributed by atoms with Gasteiger partial charge in [0.1, 0.15) is 0 Å². The number of methoxy groups -OCH3 is 1. The minimum Gasteiger partial charge on any atom is -0.451 e. The lowest BCUT2D eigenvalue weighted by Gasteiger charge is -2.32. The number of hydrogen-bond acceptors (Lipinski definition) is 4. The van der Waals surface area contributed by atoms with Crippen LogP contribution in [0.1, 0.15) is 19.3 Å². The average Bonchev–Trinajstić information content (AvgIpc) is 2.17. The Morgan fingerprint density at radius 3 is 2.50 bits per heavy atom. The molecule has 1 saturated heterocycles. The van der Waals surface area contributed by atoms with Crippen molar-refractivity contribution in [1.29, 1.82) is 0 Å². The maximum Gasteiger partial charge on any atom is 0.439 e. The van der Waals surface area contributed by atoms with Gasteiger partial charge in [0, 0.05) is 13.1 Å². The highest BCUT2D eigenvalue weighted by Crippen LogP contribution is 2.09. The maximum atomic E-state index is 10.9. The second-order valence-corrected chi connectivity index (χ2v) is 2.83. The van der Waals surface area contributed by atoms with Crippen LogP contribution in [0, 0.1) is 0 Å². The minimum absolute atomic E-state index is 0.503. The first-order valence-electron chi connectivity index (χ1n) is 4.13. The Labute approximate surface area is 72.0 Å². The van der Waals surface area contributed by atoms with Crippen LogP contribution in [0.5, 0.6) is 0 Å². The van der Waals surface area contributed by atoms with Crippen LogP contribution >= 0.6 is 0 Å². The number of carbonyl (C=O) groups excluding carboxylic acids is 1. The molecule has 0 aromatic heterocycles. The molecule has 1 heterocycles. The Hall–Kier alpha value is -0.810. The molecule has 1 rings (SSSR count). The number of ether oxygens (including phenoxy) is 1. The largest absolute Gasteiger partial charge is 0.451 e. The van der Waals surface area contributed by atoms with Crippen LogP contribution < -0.4 is 5.84 Å². The predicted molar refractivity (Wildman–Crippen MR) is 43.9 cm³/mol. The van der Waals surface area contributed by atoms with Crippen molar-refractivity contribution in [2.24, 2.45) is 5.84 Å². The topological polar surface area (TPSA) is 58.8 Å². The van der Waals surface area contributed by atoms with Gasteiger partial charge < -0.3 is 4.74 Å². The van der Waals surface area contributed by atoms with Crippen LogP contribution in [0.4, 0.5) is 4.79 Å². The van der Waals surface area contributed by atoms with E-state index in [0.29, 0.717) is 0 Å². The maximum absolute atomic E-state index is 10.9. The van der Waals surface area contributed by atoms with Gasteiger partial charge in [0.25, 0.3) is 0 Å². The van der Waals surface area contributed by atoms with Gasteiger partial charge in [-0.2, -0.15) is 5.12 Å². The smallest absolute Gasteiger partial charge is 0.439 e. The highest BCUT2D eigenvalue weighted by Gasteiger charge is 2.20. The number of nitrogens with two attached hydrogens (primary N) is 1. The number of hydrogen-bond donors (Lipinski definition) is 1. The zero-order valence-corrected chi connectivity index (χ0v) is 7.32. The summed E-state index contributed by atoms with van der Waals surface area (Å²) in [6.07, 6.45) is 2.89. The molecule has 1 amide bonds. The van der Waals surface area contributed by atoms with Crippen molar-refractivity contribution in [2.45, 2.75) is 19.3 Å². The lowest BCUT2D eigenvalue weighted by Crippen LogP contribution is -2.52. The summed E-state index contributed by atoms with van der Waals surface area (Å²) in [7, 11) is 1.33. The molecule has 0 spiro atoms. The normalized spacial score (nSPS) is 18.8. The molecule has 2 N–H and O–H groups in total. The summed E-state index contributed by atoms with van der Waals surface area (Å²) in [4.78, 5) is 10.9. The van der Waals surface area contributed by atoms with Crippen LogP contribution in [-0.2, 0) is 4.74 Å². The average molecular weight is 173 g/mol. The number of nitrogens with zero attached hydrogens (tertiary/aromatic N) is 2. The number of carbonyl (C=O) groups is 1. The van der Waals surface area contributed by atoms with Gasteiger partial charge >= 0.3 is 6.09 Å². The molecule has 12 heavy (non-hydrogen) atoms. The molecule has 0 aliphatic carbocycles. The summed E-state index contributed by atoms with van der Waals surface area (Å²) in [5.41, 5.74) is 0.